The highest BCUT2D eigenvalue weighted by molar-refractivity contribution is 5.89. The lowest BCUT2D eigenvalue weighted by molar-refractivity contribution is -0.132. The van der Waals surface area contributed by atoms with E-state index in [0.29, 0.717) is 30.0 Å². The lowest BCUT2D eigenvalue weighted by Gasteiger charge is -2.51. The summed E-state index contributed by atoms with van der Waals surface area (Å²) in [5.74, 6) is 2.12. The molecule has 3 nitrogen and oxygen atoms in total. The van der Waals surface area contributed by atoms with Crippen LogP contribution in [0.1, 0.15) is 51.0 Å². The van der Waals surface area contributed by atoms with Crippen LogP contribution in [0.25, 0.3) is 0 Å². The lowest BCUT2D eigenvalue weighted by atomic mass is 9.54. The molecule has 0 heterocycles. The summed E-state index contributed by atoms with van der Waals surface area (Å²) in [5.41, 5.74) is 2.61. The molecular weight excluding hydrogens is 396 g/mol. The van der Waals surface area contributed by atoms with Gasteiger partial charge in [-0.05, 0) is 85.1 Å². The molecule has 2 unspecified atom stereocenters. The number of allylic oxidation sites excluding steroid dienone is 3. The van der Waals surface area contributed by atoms with Crippen LogP contribution in [0.2, 0.25) is 0 Å². The molecule has 1 N–H and O–H groups in total. The number of hydrogen-bond acceptors (Lipinski definition) is 3. The van der Waals surface area contributed by atoms with Crippen molar-refractivity contribution in [3.05, 3.63) is 71.8 Å². The first kappa shape index (κ1) is 21.9. The SMILES string of the molecule is C=CC[C@H]1C[C@H]2[C@@H]3CCC4=CC(O)(Cc5ccccc5)C(OC)C=C4[C@H]3CC[C@]2(C)C1=O. The van der Waals surface area contributed by atoms with Gasteiger partial charge in [0.2, 0.25) is 0 Å². The minimum absolute atomic E-state index is 0.154. The van der Waals surface area contributed by atoms with Gasteiger partial charge in [0, 0.05) is 24.9 Å². The number of methoxy groups -OCH3 is 1. The van der Waals surface area contributed by atoms with E-state index in [1.165, 1.54) is 11.1 Å². The van der Waals surface area contributed by atoms with Gasteiger partial charge in [0.15, 0.2) is 0 Å². The van der Waals surface area contributed by atoms with Crippen molar-refractivity contribution in [3.8, 4) is 0 Å². The zero-order valence-electron chi connectivity index (χ0n) is 19.4. The maximum absolute atomic E-state index is 13.2. The molecule has 0 bridgehead atoms. The topological polar surface area (TPSA) is 46.5 Å². The summed E-state index contributed by atoms with van der Waals surface area (Å²) in [6.45, 7) is 6.12. The molecule has 4 aliphatic rings. The summed E-state index contributed by atoms with van der Waals surface area (Å²) >= 11 is 0. The molecule has 3 saturated carbocycles. The Kier molecular flexibility index (Phi) is 5.54. The van der Waals surface area contributed by atoms with Crippen LogP contribution in [0, 0.1) is 29.1 Å². The maximum Gasteiger partial charge on any atom is 0.142 e. The number of rotatable bonds is 5. The van der Waals surface area contributed by atoms with Crippen LogP contribution in [-0.4, -0.2) is 29.7 Å². The Labute approximate surface area is 192 Å². The number of hydrogen-bond donors (Lipinski definition) is 1. The van der Waals surface area contributed by atoms with E-state index in [0.717, 1.165) is 44.1 Å². The summed E-state index contributed by atoms with van der Waals surface area (Å²) in [6, 6.07) is 10.2. The summed E-state index contributed by atoms with van der Waals surface area (Å²) in [6.07, 6.45) is 12.4. The summed E-state index contributed by atoms with van der Waals surface area (Å²) in [7, 11) is 1.70. The molecule has 0 saturated heterocycles. The second kappa shape index (κ2) is 8.11. The van der Waals surface area contributed by atoms with Gasteiger partial charge in [0.1, 0.15) is 17.5 Å². The lowest BCUT2D eigenvalue weighted by Crippen LogP contribution is -2.48. The largest absolute Gasteiger partial charge is 0.382 e. The molecule has 3 heteroatoms. The summed E-state index contributed by atoms with van der Waals surface area (Å²) in [4.78, 5) is 13.2. The van der Waals surface area contributed by atoms with Crippen molar-refractivity contribution in [2.24, 2.45) is 29.1 Å². The average molecular weight is 433 g/mol. The third-order valence-electron chi connectivity index (χ3n) is 9.10. The Hall–Kier alpha value is -1.97. The predicted molar refractivity (Wildman–Crippen MR) is 127 cm³/mol. The van der Waals surface area contributed by atoms with Gasteiger partial charge in [0.05, 0.1) is 0 Å². The molecule has 1 aromatic rings. The van der Waals surface area contributed by atoms with Crippen molar-refractivity contribution >= 4 is 5.78 Å². The quantitative estimate of drug-likeness (QED) is 0.630. The molecular formula is C29H36O3. The fourth-order valence-corrected chi connectivity index (χ4v) is 7.55. The van der Waals surface area contributed by atoms with Gasteiger partial charge in [-0.3, -0.25) is 4.79 Å². The summed E-state index contributed by atoms with van der Waals surface area (Å²) in [5, 5.41) is 11.6. The monoisotopic (exact) mass is 432 g/mol. The van der Waals surface area contributed by atoms with Gasteiger partial charge in [-0.1, -0.05) is 43.3 Å². The van der Waals surface area contributed by atoms with Gasteiger partial charge < -0.3 is 9.84 Å². The van der Waals surface area contributed by atoms with Gasteiger partial charge in [-0.2, -0.15) is 0 Å². The molecule has 0 spiro atoms. The van der Waals surface area contributed by atoms with Crippen LogP contribution in [0.3, 0.4) is 0 Å². The molecule has 170 valence electrons. The van der Waals surface area contributed by atoms with Crippen LogP contribution in [0.4, 0.5) is 0 Å². The van der Waals surface area contributed by atoms with E-state index in [-0.39, 0.29) is 17.4 Å². The second-order valence-electron chi connectivity index (χ2n) is 10.8. The predicted octanol–water partition coefficient (Wildman–Crippen LogP) is 5.45. The molecule has 0 amide bonds. The molecule has 3 fully saturated rings. The number of Topliss-reactive ketones (excluding diaryl/α,β-unsaturated/α-hetero) is 1. The normalized spacial score (nSPS) is 40.6. The van der Waals surface area contributed by atoms with Crippen LogP contribution in [0.15, 0.2) is 66.3 Å². The molecule has 5 rings (SSSR count). The first-order chi connectivity index (χ1) is 15.4. The van der Waals surface area contributed by atoms with Crippen molar-refractivity contribution in [3.63, 3.8) is 0 Å². The van der Waals surface area contributed by atoms with Crippen LogP contribution < -0.4 is 0 Å². The number of ketones is 1. The van der Waals surface area contributed by atoms with Gasteiger partial charge in [-0.25, -0.2) is 0 Å². The standard InChI is InChI=1S/C29H36O3/c1-4-8-20-15-25-23-12-11-21-18-29(31,17-19-9-6-5-7-10-19)26(32-3)16-24(21)22(23)13-14-28(25,2)27(20)30/h4-7,9-10,16,18,20,22-23,25-26,31H,1,8,11-15,17H2,2-3H3/t20-,22-,23+,25-,26?,28-,29?/m0/s1. The highest BCUT2D eigenvalue weighted by Gasteiger charge is 2.58. The number of carbonyl (C=O) groups excluding carboxylic acids is 1. The van der Waals surface area contributed by atoms with E-state index in [2.05, 4.69) is 37.8 Å². The van der Waals surface area contributed by atoms with Gasteiger partial charge in [0.25, 0.3) is 0 Å². The molecule has 0 aromatic heterocycles. The smallest absolute Gasteiger partial charge is 0.142 e. The van der Waals surface area contributed by atoms with E-state index < -0.39 is 5.60 Å². The molecule has 7 atom stereocenters. The van der Waals surface area contributed by atoms with Gasteiger partial charge >= 0.3 is 0 Å². The Morgan fingerprint density at radius 3 is 2.75 bits per heavy atom. The fraction of sp³-hybridized carbons (Fsp3) is 0.552. The maximum atomic E-state index is 13.2. The number of ether oxygens (including phenoxy) is 1. The van der Waals surface area contributed by atoms with Crippen molar-refractivity contribution in [1.82, 2.24) is 0 Å². The first-order valence-corrected chi connectivity index (χ1v) is 12.3. The Morgan fingerprint density at radius 2 is 2.03 bits per heavy atom. The number of aliphatic hydroxyl groups is 1. The van der Waals surface area contributed by atoms with Crippen LogP contribution >= 0.6 is 0 Å². The second-order valence-corrected chi connectivity index (χ2v) is 10.8. The minimum Gasteiger partial charge on any atom is -0.382 e. The molecule has 32 heavy (non-hydrogen) atoms. The van der Waals surface area contributed by atoms with Crippen molar-refractivity contribution in [2.75, 3.05) is 7.11 Å². The van der Waals surface area contributed by atoms with Crippen LogP contribution in [-0.2, 0) is 16.0 Å². The van der Waals surface area contributed by atoms with E-state index >= 15 is 0 Å². The highest BCUT2D eigenvalue weighted by atomic mass is 16.5. The third kappa shape index (κ3) is 3.36. The molecule has 4 aliphatic carbocycles. The van der Waals surface area contributed by atoms with Gasteiger partial charge in [-0.15, -0.1) is 6.58 Å². The van der Waals surface area contributed by atoms with E-state index in [9.17, 15) is 9.90 Å². The zero-order chi connectivity index (χ0) is 22.5. The van der Waals surface area contributed by atoms with Crippen molar-refractivity contribution in [2.45, 2.75) is 63.6 Å². The van der Waals surface area contributed by atoms with Crippen molar-refractivity contribution in [1.29, 1.82) is 0 Å². The van der Waals surface area contributed by atoms with E-state index in [1.54, 1.807) is 7.11 Å². The Morgan fingerprint density at radius 1 is 1.25 bits per heavy atom. The molecule has 1 aromatic carbocycles. The molecule has 0 aliphatic heterocycles. The highest BCUT2D eigenvalue weighted by Crippen LogP contribution is 2.61. The van der Waals surface area contributed by atoms with Crippen LogP contribution in [0.5, 0.6) is 0 Å². The first-order valence-electron chi connectivity index (χ1n) is 12.3. The van der Waals surface area contributed by atoms with E-state index in [1.807, 2.05) is 24.3 Å². The summed E-state index contributed by atoms with van der Waals surface area (Å²) < 4.78 is 5.84. The number of carbonyl (C=O) groups is 1. The Balaban J connectivity index is 1.43. The minimum atomic E-state index is -1.02. The third-order valence-corrected chi connectivity index (χ3v) is 9.10. The molecule has 0 radical (unpaired) electrons. The average Bonchev–Trinajstić information content (AvgIpc) is 3.04. The zero-order valence-corrected chi connectivity index (χ0v) is 19.4. The van der Waals surface area contributed by atoms with E-state index in [4.69, 9.17) is 4.74 Å². The van der Waals surface area contributed by atoms with Crippen molar-refractivity contribution < 1.29 is 14.6 Å². The number of fused-ring (bicyclic) bond motifs is 5. The number of benzene rings is 1. The Bertz CT molecular complexity index is 960. The fourth-order valence-electron chi connectivity index (χ4n) is 7.55.